The van der Waals surface area contributed by atoms with E-state index < -0.39 is 0 Å². The second-order valence-corrected chi connectivity index (χ2v) is 7.81. The minimum absolute atomic E-state index is 0.494. The molecule has 0 amide bonds. The Kier molecular flexibility index (Phi) is 5.58. The smallest absolute Gasteiger partial charge is 0.122 e. The Morgan fingerprint density at radius 3 is 1.74 bits per heavy atom. The summed E-state index contributed by atoms with van der Waals surface area (Å²) in [5.41, 5.74) is 6.12. The van der Waals surface area contributed by atoms with Crippen molar-refractivity contribution in [2.45, 2.75) is 50.9 Å². The zero-order valence-electron chi connectivity index (χ0n) is 15.9. The van der Waals surface area contributed by atoms with Crippen molar-refractivity contribution < 1.29 is 5.11 Å². The zero-order chi connectivity index (χ0) is 18.5. The number of benzene rings is 3. The van der Waals surface area contributed by atoms with E-state index in [1.165, 1.54) is 54.4 Å². The third kappa shape index (κ3) is 4.24. The lowest BCUT2D eigenvalue weighted by Gasteiger charge is -2.26. The third-order valence-electron chi connectivity index (χ3n) is 5.88. The summed E-state index contributed by atoms with van der Waals surface area (Å²) < 4.78 is 0. The first-order valence-corrected chi connectivity index (χ1v) is 10.2. The van der Waals surface area contributed by atoms with E-state index in [1.807, 2.05) is 6.07 Å². The summed E-state index contributed by atoms with van der Waals surface area (Å²) in [7, 11) is 0. The monoisotopic (exact) mass is 356 g/mol. The Balaban J connectivity index is 1.71. The molecule has 3 aromatic carbocycles. The summed E-state index contributed by atoms with van der Waals surface area (Å²) in [6.07, 6.45) is 7.96. The van der Waals surface area contributed by atoms with Gasteiger partial charge in [0.05, 0.1) is 0 Å². The minimum atomic E-state index is 0.494. The lowest BCUT2D eigenvalue weighted by Crippen LogP contribution is -2.09. The van der Waals surface area contributed by atoms with Crippen LogP contribution in [0.4, 0.5) is 0 Å². The van der Waals surface area contributed by atoms with Crippen molar-refractivity contribution in [3.05, 3.63) is 101 Å². The second-order valence-electron chi connectivity index (χ2n) is 7.81. The molecule has 1 aliphatic carbocycles. The molecule has 1 N–H and O–H groups in total. The number of aromatic hydroxyl groups is 1. The fourth-order valence-electron chi connectivity index (χ4n) is 4.47. The quantitative estimate of drug-likeness (QED) is 0.544. The van der Waals surface area contributed by atoms with Crippen molar-refractivity contribution in [3.8, 4) is 5.75 Å². The van der Waals surface area contributed by atoms with Crippen LogP contribution in [0.15, 0.2) is 72.8 Å². The number of hydrogen-bond acceptors (Lipinski definition) is 1. The van der Waals surface area contributed by atoms with E-state index >= 15 is 0 Å². The van der Waals surface area contributed by atoms with E-state index in [0.717, 1.165) is 18.4 Å². The number of phenolic OH excluding ortho intramolecular Hbond substituents is 1. The van der Waals surface area contributed by atoms with Gasteiger partial charge in [-0.05, 0) is 47.4 Å². The Morgan fingerprint density at radius 2 is 1.15 bits per heavy atom. The van der Waals surface area contributed by atoms with Gasteiger partial charge in [0.15, 0.2) is 0 Å². The molecule has 4 rings (SSSR count). The molecule has 0 aromatic heterocycles. The average molecular weight is 357 g/mol. The van der Waals surface area contributed by atoms with E-state index in [-0.39, 0.29) is 0 Å². The summed E-state index contributed by atoms with van der Waals surface area (Å²) in [5.74, 6) is 1.03. The molecule has 138 valence electrons. The molecule has 27 heavy (non-hydrogen) atoms. The maximum absolute atomic E-state index is 11.3. The molecule has 0 heterocycles. The van der Waals surface area contributed by atoms with Crippen molar-refractivity contribution in [2.75, 3.05) is 0 Å². The summed E-state index contributed by atoms with van der Waals surface area (Å²) in [4.78, 5) is 0. The van der Waals surface area contributed by atoms with Crippen LogP contribution in [0.1, 0.15) is 65.8 Å². The maximum atomic E-state index is 11.3. The summed E-state index contributed by atoms with van der Waals surface area (Å²) in [6.45, 7) is 0. The first-order chi connectivity index (χ1) is 13.3. The average Bonchev–Trinajstić information content (AvgIpc) is 2.72. The molecular formula is C26H28O. The van der Waals surface area contributed by atoms with E-state index in [4.69, 9.17) is 0 Å². The highest BCUT2D eigenvalue weighted by Crippen LogP contribution is 2.41. The molecule has 3 aromatic rings. The van der Waals surface area contributed by atoms with Crippen molar-refractivity contribution >= 4 is 0 Å². The SMILES string of the molecule is Oc1c(Cc2ccccc2)ccc(Cc2ccccc2)c1C1CCCCC1. The maximum Gasteiger partial charge on any atom is 0.122 e. The minimum Gasteiger partial charge on any atom is -0.507 e. The van der Waals surface area contributed by atoms with Crippen LogP contribution < -0.4 is 0 Å². The standard InChI is InChI=1S/C26H28O/c27-26-24(19-21-12-6-2-7-13-21)17-16-23(18-20-10-4-1-5-11-20)25(26)22-14-8-3-9-15-22/h1-2,4-7,10-13,16-17,22,27H,3,8-9,14-15,18-19H2. The van der Waals surface area contributed by atoms with Crippen LogP contribution in [0.3, 0.4) is 0 Å². The molecule has 0 radical (unpaired) electrons. The van der Waals surface area contributed by atoms with Gasteiger partial charge in [-0.25, -0.2) is 0 Å². The van der Waals surface area contributed by atoms with E-state index in [9.17, 15) is 5.11 Å². The third-order valence-corrected chi connectivity index (χ3v) is 5.88. The largest absolute Gasteiger partial charge is 0.507 e. The molecule has 1 heteroatoms. The summed E-state index contributed by atoms with van der Waals surface area (Å²) in [6, 6.07) is 25.5. The molecule has 1 nitrogen and oxygen atoms in total. The van der Waals surface area contributed by atoms with E-state index in [2.05, 4.69) is 66.7 Å². The fraction of sp³-hybridized carbons (Fsp3) is 0.308. The summed E-state index contributed by atoms with van der Waals surface area (Å²) in [5, 5.41) is 11.3. The lowest BCUT2D eigenvalue weighted by atomic mass is 9.79. The van der Waals surface area contributed by atoms with Crippen LogP contribution in [0.2, 0.25) is 0 Å². The Labute approximate surface area is 162 Å². The van der Waals surface area contributed by atoms with E-state index in [0.29, 0.717) is 11.7 Å². The first-order valence-electron chi connectivity index (χ1n) is 10.2. The van der Waals surface area contributed by atoms with Gasteiger partial charge in [-0.2, -0.15) is 0 Å². The van der Waals surface area contributed by atoms with Gasteiger partial charge in [-0.3, -0.25) is 0 Å². The predicted molar refractivity (Wildman–Crippen MR) is 112 cm³/mol. The van der Waals surface area contributed by atoms with Crippen LogP contribution in [-0.4, -0.2) is 5.11 Å². The van der Waals surface area contributed by atoms with Crippen LogP contribution in [-0.2, 0) is 12.8 Å². The molecule has 0 aliphatic heterocycles. The van der Waals surface area contributed by atoms with Crippen LogP contribution in [0.5, 0.6) is 5.75 Å². The topological polar surface area (TPSA) is 20.2 Å². The first kappa shape index (κ1) is 17.9. The number of hydrogen-bond donors (Lipinski definition) is 1. The van der Waals surface area contributed by atoms with Crippen molar-refractivity contribution in [1.82, 2.24) is 0 Å². The Bertz CT molecular complexity index is 861. The molecular weight excluding hydrogens is 328 g/mol. The molecule has 0 unspecified atom stereocenters. The highest BCUT2D eigenvalue weighted by molar-refractivity contribution is 5.50. The molecule has 0 bridgehead atoms. The van der Waals surface area contributed by atoms with Crippen LogP contribution in [0.25, 0.3) is 0 Å². The van der Waals surface area contributed by atoms with Crippen molar-refractivity contribution in [2.24, 2.45) is 0 Å². The fourth-order valence-corrected chi connectivity index (χ4v) is 4.47. The summed E-state index contributed by atoms with van der Waals surface area (Å²) >= 11 is 0. The van der Waals surface area contributed by atoms with E-state index in [1.54, 1.807) is 0 Å². The van der Waals surface area contributed by atoms with Gasteiger partial charge >= 0.3 is 0 Å². The highest BCUT2D eigenvalue weighted by atomic mass is 16.3. The highest BCUT2D eigenvalue weighted by Gasteiger charge is 2.23. The number of rotatable bonds is 5. The second kappa shape index (κ2) is 8.43. The zero-order valence-corrected chi connectivity index (χ0v) is 15.9. The van der Waals surface area contributed by atoms with Gasteiger partial charge in [0.2, 0.25) is 0 Å². The Hall–Kier alpha value is -2.54. The van der Waals surface area contributed by atoms with Crippen molar-refractivity contribution in [3.63, 3.8) is 0 Å². The molecule has 0 spiro atoms. The van der Waals surface area contributed by atoms with Gasteiger partial charge in [0, 0.05) is 12.0 Å². The predicted octanol–water partition coefficient (Wildman–Crippen LogP) is 6.62. The van der Waals surface area contributed by atoms with Gasteiger partial charge in [-0.15, -0.1) is 0 Å². The van der Waals surface area contributed by atoms with Crippen molar-refractivity contribution in [1.29, 1.82) is 0 Å². The normalized spacial score (nSPS) is 15.0. The molecule has 1 saturated carbocycles. The Morgan fingerprint density at radius 1 is 0.630 bits per heavy atom. The van der Waals surface area contributed by atoms with Gasteiger partial charge < -0.3 is 5.11 Å². The molecule has 0 atom stereocenters. The van der Waals surface area contributed by atoms with Gasteiger partial charge in [-0.1, -0.05) is 92.1 Å². The van der Waals surface area contributed by atoms with Gasteiger partial charge in [0.1, 0.15) is 5.75 Å². The number of phenols is 1. The molecule has 1 aliphatic rings. The van der Waals surface area contributed by atoms with Crippen LogP contribution >= 0.6 is 0 Å². The van der Waals surface area contributed by atoms with Gasteiger partial charge in [0.25, 0.3) is 0 Å². The van der Waals surface area contributed by atoms with Crippen LogP contribution in [0, 0.1) is 0 Å². The lowest BCUT2D eigenvalue weighted by molar-refractivity contribution is 0.410. The molecule has 1 fully saturated rings. The molecule has 0 saturated heterocycles.